The smallest absolute Gasteiger partial charge is 0.345 e. The van der Waals surface area contributed by atoms with Gasteiger partial charge in [0, 0.05) is 0 Å². The summed E-state index contributed by atoms with van der Waals surface area (Å²) in [6.07, 6.45) is 0. The molecule has 4 nitrogen and oxygen atoms in total. The number of carbonyl (C=O) groups is 2. The minimum atomic E-state index is -1.02. The molecule has 0 saturated heterocycles. The van der Waals surface area contributed by atoms with Crippen LogP contribution in [0.3, 0.4) is 0 Å². The van der Waals surface area contributed by atoms with E-state index in [1.165, 1.54) is 12.1 Å². The number of ether oxygens (including phenoxy) is 1. The molecule has 0 aliphatic heterocycles. The molecule has 21 heavy (non-hydrogen) atoms. The van der Waals surface area contributed by atoms with Crippen molar-refractivity contribution in [3.05, 3.63) is 63.7 Å². The number of carboxylic acid groups (broad SMARTS) is 1. The number of aromatic carboxylic acids is 1. The number of halogens is 1. The van der Waals surface area contributed by atoms with Crippen LogP contribution in [0.25, 0.3) is 0 Å². The molecule has 0 unspecified atom stereocenters. The van der Waals surface area contributed by atoms with Crippen molar-refractivity contribution in [1.29, 1.82) is 0 Å². The lowest BCUT2D eigenvalue weighted by atomic mass is 10.1. The number of carbonyl (C=O) groups excluding carboxylic acids is 1. The highest BCUT2D eigenvalue weighted by atomic mass is 35.5. The van der Waals surface area contributed by atoms with Crippen LogP contribution in [0.1, 0.15) is 31.8 Å². The zero-order valence-electron chi connectivity index (χ0n) is 11.5. The lowest BCUT2D eigenvalue weighted by Crippen LogP contribution is -2.11. The first-order valence-corrected chi connectivity index (χ1v) is 6.59. The molecule has 2 rings (SSSR count). The molecular formula is C16H13ClO4. The van der Waals surface area contributed by atoms with Gasteiger partial charge in [0.2, 0.25) is 0 Å². The van der Waals surface area contributed by atoms with E-state index >= 15 is 0 Å². The van der Waals surface area contributed by atoms with Crippen LogP contribution < -0.4 is 4.74 Å². The largest absolute Gasteiger partial charge is 0.478 e. The van der Waals surface area contributed by atoms with Gasteiger partial charge in [0.25, 0.3) is 0 Å². The minimum absolute atomic E-state index is 0.155. The molecule has 0 spiro atoms. The number of rotatable bonds is 3. The van der Waals surface area contributed by atoms with Crippen molar-refractivity contribution in [2.75, 3.05) is 0 Å². The van der Waals surface area contributed by atoms with Crippen molar-refractivity contribution in [3.63, 3.8) is 0 Å². The molecule has 0 aliphatic carbocycles. The molecule has 2 aromatic carbocycles. The second kappa shape index (κ2) is 5.97. The van der Waals surface area contributed by atoms with Gasteiger partial charge in [0.1, 0.15) is 5.75 Å². The lowest BCUT2D eigenvalue weighted by Gasteiger charge is -2.12. The number of hydrogen-bond acceptors (Lipinski definition) is 3. The van der Waals surface area contributed by atoms with Crippen LogP contribution in [0, 0.1) is 13.8 Å². The third kappa shape index (κ3) is 3.23. The van der Waals surface area contributed by atoms with E-state index in [-0.39, 0.29) is 11.1 Å². The first-order chi connectivity index (χ1) is 9.90. The standard InChI is InChI=1S/C16H13ClO4/c1-9-7-11(15(18)19)8-10(2)14(9)21-16(20)12-5-3-4-6-13(12)17/h3-8H,1-2H3,(H,18,19). The van der Waals surface area contributed by atoms with Crippen LogP contribution in [0.2, 0.25) is 5.02 Å². The number of aryl methyl sites for hydroxylation is 2. The van der Waals surface area contributed by atoms with Crippen LogP contribution in [-0.4, -0.2) is 17.0 Å². The van der Waals surface area contributed by atoms with Gasteiger partial charge >= 0.3 is 11.9 Å². The molecule has 0 bridgehead atoms. The first-order valence-electron chi connectivity index (χ1n) is 6.21. The fourth-order valence-electron chi connectivity index (χ4n) is 2.01. The van der Waals surface area contributed by atoms with Gasteiger partial charge in [0.15, 0.2) is 0 Å². The highest BCUT2D eigenvalue weighted by Gasteiger charge is 2.16. The zero-order chi connectivity index (χ0) is 15.6. The van der Waals surface area contributed by atoms with Gasteiger partial charge in [-0.05, 0) is 49.2 Å². The Labute approximate surface area is 126 Å². The molecule has 0 aromatic heterocycles. The van der Waals surface area contributed by atoms with Gasteiger partial charge in [0.05, 0.1) is 16.1 Å². The topological polar surface area (TPSA) is 63.6 Å². The summed E-state index contributed by atoms with van der Waals surface area (Å²) in [5.41, 5.74) is 1.57. The van der Waals surface area contributed by atoms with Crippen LogP contribution in [0.5, 0.6) is 5.75 Å². The summed E-state index contributed by atoms with van der Waals surface area (Å²) in [7, 11) is 0. The van der Waals surface area contributed by atoms with E-state index in [4.69, 9.17) is 21.4 Å². The number of hydrogen-bond donors (Lipinski definition) is 1. The van der Waals surface area contributed by atoms with Crippen LogP contribution in [0.4, 0.5) is 0 Å². The molecule has 1 N–H and O–H groups in total. The average Bonchev–Trinajstić information content (AvgIpc) is 2.42. The van der Waals surface area contributed by atoms with E-state index in [1.807, 2.05) is 0 Å². The van der Waals surface area contributed by atoms with E-state index in [0.717, 1.165) is 0 Å². The summed E-state index contributed by atoms with van der Waals surface area (Å²) in [6.45, 7) is 3.38. The fourth-order valence-corrected chi connectivity index (χ4v) is 2.22. The molecule has 0 saturated carbocycles. The Hall–Kier alpha value is -2.33. The van der Waals surface area contributed by atoms with E-state index < -0.39 is 11.9 Å². The van der Waals surface area contributed by atoms with Crippen LogP contribution in [0.15, 0.2) is 36.4 Å². The molecule has 0 heterocycles. The summed E-state index contributed by atoms with van der Waals surface area (Å²) >= 11 is 5.95. The third-order valence-corrected chi connectivity index (χ3v) is 3.33. The quantitative estimate of drug-likeness (QED) is 0.690. The lowest BCUT2D eigenvalue weighted by molar-refractivity contribution is 0.0696. The number of benzene rings is 2. The predicted octanol–water partition coefficient (Wildman–Crippen LogP) is 3.87. The van der Waals surface area contributed by atoms with Crippen molar-refractivity contribution in [1.82, 2.24) is 0 Å². The van der Waals surface area contributed by atoms with E-state index in [9.17, 15) is 9.59 Å². The van der Waals surface area contributed by atoms with Gasteiger partial charge in [-0.2, -0.15) is 0 Å². The SMILES string of the molecule is Cc1cc(C(=O)O)cc(C)c1OC(=O)c1ccccc1Cl. The summed E-state index contributed by atoms with van der Waals surface area (Å²) in [5.74, 6) is -1.25. The molecule has 0 aliphatic rings. The maximum Gasteiger partial charge on any atom is 0.345 e. The Morgan fingerprint density at radius 3 is 2.19 bits per heavy atom. The van der Waals surface area contributed by atoms with Gasteiger partial charge in [-0.25, -0.2) is 9.59 Å². The molecule has 108 valence electrons. The molecule has 5 heteroatoms. The zero-order valence-corrected chi connectivity index (χ0v) is 12.3. The van der Waals surface area contributed by atoms with Crippen LogP contribution >= 0.6 is 11.6 Å². The summed E-state index contributed by atoms with van der Waals surface area (Å²) in [6, 6.07) is 9.51. The third-order valence-electron chi connectivity index (χ3n) is 3.00. The van der Waals surface area contributed by atoms with Gasteiger partial charge < -0.3 is 9.84 Å². The molecule has 0 atom stereocenters. The Balaban J connectivity index is 2.34. The predicted molar refractivity (Wildman–Crippen MR) is 79.3 cm³/mol. The van der Waals surface area contributed by atoms with E-state index in [1.54, 1.807) is 38.1 Å². The summed E-state index contributed by atoms with van der Waals surface area (Å²) < 4.78 is 5.36. The highest BCUT2D eigenvalue weighted by molar-refractivity contribution is 6.33. The van der Waals surface area contributed by atoms with Crippen molar-refractivity contribution in [2.24, 2.45) is 0 Å². The summed E-state index contributed by atoms with van der Waals surface area (Å²) in [5, 5.41) is 9.30. The van der Waals surface area contributed by atoms with Gasteiger partial charge in [-0.15, -0.1) is 0 Å². The van der Waals surface area contributed by atoms with Gasteiger partial charge in [-0.1, -0.05) is 23.7 Å². The molecule has 2 aromatic rings. The Morgan fingerprint density at radius 2 is 1.67 bits per heavy atom. The number of carboxylic acids is 1. The minimum Gasteiger partial charge on any atom is -0.478 e. The van der Waals surface area contributed by atoms with Crippen molar-refractivity contribution in [2.45, 2.75) is 13.8 Å². The van der Waals surface area contributed by atoms with Crippen molar-refractivity contribution >= 4 is 23.5 Å². The normalized spacial score (nSPS) is 10.2. The van der Waals surface area contributed by atoms with E-state index in [0.29, 0.717) is 21.9 Å². The first kappa shape index (κ1) is 15.1. The molecule has 0 radical (unpaired) electrons. The monoisotopic (exact) mass is 304 g/mol. The van der Waals surface area contributed by atoms with E-state index in [2.05, 4.69) is 0 Å². The highest BCUT2D eigenvalue weighted by Crippen LogP contribution is 2.27. The maximum atomic E-state index is 12.1. The Morgan fingerprint density at radius 1 is 1.10 bits per heavy atom. The molecule has 0 fully saturated rings. The summed E-state index contributed by atoms with van der Waals surface area (Å²) in [4.78, 5) is 23.1. The maximum absolute atomic E-state index is 12.1. The number of esters is 1. The van der Waals surface area contributed by atoms with Gasteiger partial charge in [-0.3, -0.25) is 0 Å². The second-order valence-electron chi connectivity index (χ2n) is 4.61. The van der Waals surface area contributed by atoms with Crippen molar-refractivity contribution < 1.29 is 19.4 Å². The Kier molecular flexibility index (Phi) is 4.29. The average molecular weight is 305 g/mol. The molecular weight excluding hydrogens is 292 g/mol. The Bertz CT molecular complexity index is 699. The fraction of sp³-hybridized carbons (Fsp3) is 0.125. The van der Waals surface area contributed by atoms with Crippen LogP contribution in [-0.2, 0) is 0 Å². The second-order valence-corrected chi connectivity index (χ2v) is 5.02. The molecule has 0 amide bonds. The van der Waals surface area contributed by atoms with Crippen molar-refractivity contribution in [3.8, 4) is 5.75 Å².